The minimum atomic E-state index is -0.398. The number of amides is 3. The summed E-state index contributed by atoms with van der Waals surface area (Å²) in [6.45, 7) is 0. The molecule has 0 aromatic rings. The van der Waals surface area contributed by atoms with E-state index in [0.29, 0.717) is 11.7 Å². The fraction of sp³-hybridized carbons (Fsp3) is 0.800. The Labute approximate surface area is 109 Å². The monoisotopic (exact) mass is 269 g/mol. The highest BCUT2D eigenvalue weighted by atomic mass is 32.2. The maximum absolute atomic E-state index is 11.2. The Morgan fingerprint density at radius 3 is 3.11 bits per heavy atom. The van der Waals surface area contributed by atoms with Crippen LogP contribution in [0.25, 0.3) is 10.4 Å². The molecule has 8 heteroatoms. The van der Waals surface area contributed by atoms with Crippen molar-refractivity contribution in [1.29, 1.82) is 0 Å². The molecule has 2 rings (SSSR count). The molecule has 2 N–H and O–H groups in total. The lowest BCUT2D eigenvalue weighted by Gasteiger charge is -2.16. The van der Waals surface area contributed by atoms with Gasteiger partial charge in [-0.05, 0) is 23.5 Å². The predicted octanol–water partition coefficient (Wildman–Crippen LogP) is 1.55. The van der Waals surface area contributed by atoms with E-state index in [1.54, 1.807) is 0 Å². The third kappa shape index (κ3) is 3.08. The third-order valence-corrected chi connectivity index (χ3v) is 4.73. The minimum absolute atomic E-state index is 0.0752. The van der Waals surface area contributed by atoms with Crippen molar-refractivity contribution in [1.82, 2.24) is 10.6 Å². The lowest BCUT2D eigenvalue weighted by molar-refractivity contribution is -0.118. The van der Waals surface area contributed by atoms with E-state index in [1.807, 2.05) is 11.8 Å². The average Bonchev–Trinajstić information content (AvgIpc) is 2.85. The van der Waals surface area contributed by atoms with Gasteiger partial charge in [0.25, 0.3) is 0 Å². The van der Waals surface area contributed by atoms with Crippen LogP contribution in [0, 0.1) is 0 Å². The molecule has 2 heterocycles. The summed E-state index contributed by atoms with van der Waals surface area (Å²) in [5.74, 6) is 0.552. The Kier molecular flexibility index (Phi) is 4.33. The van der Waals surface area contributed by atoms with Gasteiger partial charge in [-0.3, -0.25) is 4.79 Å². The molecule has 0 radical (unpaired) electrons. The fourth-order valence-corrected chi connectivity index (χ4v) is 3.91. The van der Waals surface area contributed by atoms with Crippen molar-refractivity contribution in [3.63, 3.8) is 0 Å². The fourth-order valence-electron chi connectivity index (χ4n) is 2.36. The predicted molar refractivity (Wildman–Crippen MR) is 68.1 cm³/mol. The van der Waals surface area contributed by atoms with Gasteiger partial charge >= 0.3 is 6.03 Å². The molecule has 3 atom stereocenters. The van der Waals surface area contributed by atoms with Crippen LogP contribution in [0.1, 0.15) is 25.7 Å². The molecule has 2 fully saturated rings. The molecular formula is C10H15N5O2S. The van der Waals surface area contributed by atoms with Gasteiger partial charge in [0.15, 0.2) is 0 Å². The second-order valence-electron chi connectivity index (χ2n) is 4.45. The van der Waals surface area contributed by atoms with E-state index in [1.165, 1.54) is 0 Å². The van der Waals surface area contributed by atoms with E-state index in [9.17, 15) is 9.59 Å². The number of nitrogens with one attached hydrogen (secondary N) is 2. The molecule has 98 valence electrons. The minimum Gasteiger partial charge on any atom is -0.332 e. The van der Waals surface area contributed by atoms with Crippen molar-refractivity contribution in [3.8, 4) is 0 Å². The number of fused-ring (bicyclic) bond motifs is 1. The zero-order valence-corrected chi connectivity index (χ0v) is 10.7. The van der Waals surface area contributed by atoms with E-state index in [2.05, 4.69) is 20.7 Å². The zero-order valence-electron chi connectivity index (χ0n) is 9.83. The van der Waals surface area contributed by atoms with Gasteiger partial charge in [0.05, 0.1) is 12.1 Å². The number of rotatable bonds is 5. The normalized spacial score (nSPS) is 29.1. The number of nitrogens with zero attached hydrogens (tertiary/aromatic N) is 3. The topological polar surface area (TPSA) is 107 Å². The van der Waals surface area contributed by atoms with Gasteiger partial charge in [-0.15, -0.1) is 0 Å². The van der Waals surface area contributed by atoms with E-state index in [4.69, 9.17) is 5.53 Å². The molecule has 0 aromatic heterocycles. The SMILES string of the molecule is [N-]=[N+]=NC(=O)CCCC[C@@H]1SC[C@@H]2NC(=O)N[C@@H]21. The summed E-state index contributed by atoms with van der Waals surface area (Å²) in [7, 11) is 0. The Hall–Kier alpha value is -1.40. The second-order valence-corrected chi connectivity index (χ2v) is 5.72. The van der Waals surface area contributed by atoms with Crippen molar-refractivity contribution in [2.24, 2.45) is 5.11 Å². The lowest BCUT2D eigenvalue weighted by Crippen LogP contribution is -2.36. The highest BCUT2D eigenvalue weighted by molar-refractivity contribution is 8.00. The molecule has 0 saturated carbocycles. The van der Waals surface area contributed by atoms with Crippen LogP contribution in [0.2, 0.25) is 0 Å². The Morgan fingerprint density at radius 2 is 2.33 bits per heavy atom. The number of thioether (sulfide) groups is 1. The quantitative estimate of drug-likeness (QED) is 0.260. The molecule has 7 nitrogen and oxygen atoms in total. The molecule has 2 aliphatic rings. The van der Waals surface area contributed by atoms with Crippen LogP contribution < -0.4 is 10.6 Å². The zero-order chi connectivity index (χ0) is 13.0. The largest absolute Gasteiger partial charge is 0.332 e. The molecule has 0 unspecified atom stereocenters. The summed E-state index contributed by atoms with van der Waals surface area (Å²) in [6.07, 6.45) is 2.91. The molecule has 2 saturated heterocycles. The van der Waals surface area contributed by atoms with E-state index in [-0.39, 0.29) is 18.1 Å². The first-order valence-electron chi connectivity index (χ1n) is 5.97. The summed E-state index contributed by atoms with van der Waals surface area (Å²) in [5.41, 5.74) is 8.08. The lowest BCUT2D eigenvalue weighted by atomic mass is 10.0. The van der Waals surface area contributed by atoms with E-state index >= 15 is 0 Å². The maximum atomic E-state index is 11.2. The first-order valence-corrected chi connectivity index (χ1v) is 7.02. The number of azide groups is 1. The summed E-state index contributed by atoms with van der Waals surface area (Å²) < 4.78 is 0. The highest BCUT2D eigenvalue weighted by Crippen LogP contribution is 2.33. The number of carbonyl (C=O) groups is 2. The molecule has 0 spiro atoms. The average molecular weight is 269 g/mol. The second kappa shape index (κ2) is 5.97. The molecular weight excluding hydrogens is 254 g/mol. The van der Waals surface area contributed by atoms with Crippen molar-refractivity contribution in [2.75, 3.05) is 5.75 Å². The molecule has 0 aliphatic carbocycles. The smallest absolute Gasteiger partial charge is 0.315 e. The Balaban J connectivity index is 1.67. The molecule has 2 aliphatic heterocycles. The molecule has 0 bridgehead atoms. The first-order chi connectivity index (χ1) is 8.70. The van der Waals surface area contributed by atoms with Crippen LogP contribution in [-0.4, -0.2) is 35.0 Å². The van der Waals surface area contributed by atoms with Crippen molar-refractivity contribution in [3.05, 3.63) is 10.4 Å². The van der Waals surface area contributed by atoms with Gasteiger partial charge in [-0.25, -0.2) is 4.79 Å². The van der Waals surface area contributed by atoms with Crippen LogP contribution in [0.15, 0.2) is 5.11 Å². The van der Waals surface area contributed by atoms with Gasteiger partial charge in [-0.2, -0.15) is 11.8 Å². The first kappa shape index (κ1) is 13.0. The van der Waals surface area contributed by atoms with E-state index < -0.39 is 5.91 Å². The van der Waals surface area contributed by atoms with Crippen LogP contribution in [-0.2, 0) is 4.79 Å². The van der Waals surface area contributed by atoms with Crippen LogP contribution in [0.3, 0.4) is 0 Å². The van der Waals surface area contributed by atoms with Gasteiger partial charge in [0.2, 0.25) is 5.91 Å². The van der Waals surface area contributed by atoms with Gasteiger partial charge < -0.3 is 10.6 Å². The number of hydrogen-bond donors (Lipinski definition) is 2. The summed E-state index contributed by atoms with van der Waals surface area (Å²) in [4.78, 5) is 24.6. The molecule has 0 aromatic carbocycles. The Bertz CT molecular complexity index is 396. The van der Waals surface area contributed by atoms with Gasteiger partial charge in [0, 0.05) is 22.3 Å². The maximum Gasteiger partial charge on any atom is 0.315 e. The van der Waals surface area contributed by atoms with E-state index in [0.717, 1.165) is 25.0 Å². The molecule has 3 amide bonds. The van der Waals surface area contributed by atoms with Crippen LogP contribution in [0.4, 0.5) is 4.79 Å². The van der Waals surface area contributed by atoms with Crippen molar-refractivity contribution >= 4 is 23.7 Å². The highest BCUT2D eigenvalue weighted by Gasteiger charge is 2.42. The number of hydrogen-bond acceptors (Lipinski definition) is 3. The van der Waals surface area contributed by atoms with Gasteiger partial charge in [0.1, 0.15) is 0 Å². The van der Waals surface area contributed by atoms with Crippen molar-refractivity contribution in [2.45, 2.75) is 43.0 Å². The molecule has 18 heavy (non-hydrogen) atoms. The Morgan fingerprint density at radius 1 is 1.50 bits per heavy atom. The standard InChI is InChI=1S/C10H15N5O2S/c11-15-14-8(16)4-2-1-3-7-9-6(5-18-7)12-10(17)13-9/h6-7,9H,1-5H2,(H2,12,13,17)/t6-,7-,9-/m0/s1. The van der Waals surface area contributed by atoms with Crippen LogP contribution >= 0.6 is 11.8 Å². The van der Waals surface area contributed by atoms with Gasteiger partial charge in [-0.1, -0.05) is 6.42 Å². The summed E-state index contributed by atoms with van der Waals surface area (Å²) in [6, 6.07) is 0.390. The number of carbonyl (C=O) groups excluding carboxylic acids is 2. The van der Waals surface area contributed by atoms with Crippen molar-refractivity contribution < 1.29 is 9.59 Å². The summed E-state index contributed by atoms with van der Waals surface area (Å²) >= 11 is 1.86. The number of unbranched alkanes of at least 4 members (excludes halogenated alkanes) is 1. The third-order valence-electron chi connectivity index (χ3n) is 3.22. The summed E-state index contributed by atoms with van der Waals surface area (Å²) in [5, 5.41) is 9.27. The van der Waals surface area contributed by atoms with Crippen LogP contribution in [0.5, 0.6) is 0 Å². The number of urea groups is 1.